The summed E-state index contributed by atoms with van der Waals surface area (Å²) >= 11 is 0. The van der Waals surface area contributed by atoms with E-state index in [2.05, 4.69) is 104 Å². The van der Waals surface area contributed by atoms with Crippen molar-refractivity contribution < 1.29 is 9.59 Å². The summed E-state index contributed by atoms with van der Waals surface area (Å²) in [7, 11) is 0. The van der Waals surface area contributed by atoms with Crippen LogP contribution in [-0.2, 0) is 9.59 Å². The predicted octanol–water partition coefficient (Wildman–Crippen LogP) is 12.3. The predicted molar refractivity (Wildman–Crippen MR) is 197 cm³/mol. The molecule has 2 aliphatic carbocycles. The number of carbonyl (C=O) groups excluding carboxylic acids is 2. The van der Waals surface area contributed by atoms with Crippen LogP contribution in [0.25, 0.3) is 11.1 Å². The number of allylic oxidation sites excluding steroid dienone is 10. The quantitative estimate of drug-likeness (QED) is 0.304. The highest BCUT2D eigenvalue weighted by Gasteiger charge is 2.35. The first-order valence-electron chi connectivity index (χ1n) is 16.6. The number of rotatable bonds is 5. The van der Waals surface area contributed by atoms with Crippen LogP contribution in [-0.4, -0.2) is 11.6 Å². The molecule has 0 amide bonds. The van der Waals surface area contributed by atoms with Gasteiger partial charge in [-0.05, 0) is 69.2 Å². The van der Waals surface area contributed by atoms with Gasteiger partial charge < -0.3 is 0 Å². The van der Waals surface area contributed by atoms with E-state index in [4.69, 9.17) is 0 Å². The molecular formula is C42H50N4O2. The van der Waals surface area contributed by atoms with Crippen molar-refractivity contribution >= 4 is 22.9 Å². The summed E-state index contributed by atoms with van der Waals surface area (Å²) in [6.07, 6.45) is 11.1. The summed E-state index contributed by atoms with van der Waals surface area (Å²) in [4.78, 5) is 26.6. The lowest BCUT2D eigenvalue weighted by molar-refractivity contribution is -0.114. The second-order valence-corrected chi connectivity index (χ2v) is 16.6. The zero-order valence-corrected chi connectivity index (χ0v) is 30.7. The van der Waals surface area contributed by atoms with E-state index in [-0.39, 0.29) is 33.2 Å². The molecule has 48 heavy (non-hydrogen) atoms. The van der Waals surface area contributed by atoms with Crippen molar-refractivity contribution in [3.8, 4) is 11.1 Å². The molecule has 250 valence electrons. The van der Waals surface area contributed by atoms with Crippen LogP contribution in [0, 0.1) is 21.7 Å². The zero-order valence-electron chi connectivity index (χ0n) is 30.7. The van der Waals surface area contributed by atoms with Gasteiger partial charge in [0.25, 0.3) is 0 Å². The molecular weight excluding hydrogens is 592 g/mol. The van der Waals surface area contributed by atoms with Crippen LogP contribution < -0.4 is 0 Å². The minimum Gasteiger partial charge on any atom is -0.289 e. The van der Waals surface area contributed by atoms with Crippen molar-refractivity contribution in [2.45, 2.75) is 83.1 Å². The van der Waals surface area contributed by atoms with Gasteiger partial charge in [0.05, 0.1) is 23.8 Å². The molecule has 2 aliphatic rings. The van der Waals surface area contributed by atoms with E-state index in [1.54, 1.807) is 12.4 Å². The van der Waals surface area contributed by atoms with Crippen molar-refractivity contribution in [2.75, 3.05) is 0 Å². The molecule has 0 spiro atoms. The summed E-state index contributed by atoms with van der Waals surface area (Å²) in [5, 5.41) is 18.2. The Kier molecular flexibility index (Phi) is 10.2. The van der Waals surface area contributed by atoms with E-state index in [0.717, 1.165) is 44.6 Å². The van der Waals surface area contributed by atoms with Gasteiger partial charge in [-0.2, -0.15) is 20.5 Å². The van der Waals surface area contributed by atoms with Gasteiger partial charge in [-0.25, -0.2) is 0 Å². The van der Waals surface area contributed by atoms with Crippen molar-refractivity contribution in [1.29, 1.82) is 0 Å². The molecule has 6 nitrogen and oxygen atoms in total. The largest absolute Gasteiger partial charge is 0.289 e. The summed E-state index contributed by atoms with van der Waals surface area (Å²) in [5.41, 5.74) is 6.63. The smallest absolute Gasteiger partial charge is 0.186 e. The van der Waals surface area contributed by atoms with Crippen molar-refractivity contribution in [3.05, 3.63) is 119 Å². The van der Waals surface area contributed by atoms with Gasteiger partial charge in [0.15, 0.2) is 11.6 Å². The average Bonchev–Trinajstić information content (AvgIpc) is 2.97. The third kappa shape index (κ3) is 8.46. The number of carbonyl (C=O) groups is 2. The number of hydrogen-bond acceptors (Lipinski definition) is 6. The monoisotopic (exact) mass is 642 g/mol. The van der Waals surface area contributed by atoms with Crippen LogP contribution >= 0.6 is 0 Å². The normalized spacial score (nSPS) is 16.7. The number of hydrogen-bond donors (Lipinski definition) is 0. The third-order valence-electron chi connectivity index (χ3n) is 8.30. The van der Waals surface area contributed by atoms with Gasteiger partial charge >= 0.3 is 0 Å². The summed E-state index contributed by atoms with van der Waals surface area (Å²) in [5.74, 6) is 0.174. The second-order valence-electron chi connectivity index (χ2n) is 16.6. The van der Waals surface area contributed by atoms with Crippen molar-refractivity contribution in [3.63, 3.8) is 0 Å². The minimum absolute atomic E-state index is 0.0872. The molecule has 0 radical (unpaired) electrons. The molecule has 0 saturated heterocycles. The van der Waals surface area contributed by atoms with Crippen LogP contribution in [0.1, 0.15) is 83.1 Å². The van der Waals surface area contributed by atoms with E-state index >= 15 is 0 Å². The van der Waals surface area contributed by atoms with Gasteiger partial charge in [-0.3, -0.25) is 9.59 Å². The van der Waals surface area contributed by atoms with Crippen molar-refractivity contribution in [2.24, 2.45) is 42.1 Å². The molecule has 0 atom stereocenters. The highest BCUT2D eigenvalue weighted by Crippen LogP contribution is 2.41. The Hall–Kier alpha value is -4.58. The first-order valence-corrected chi connectivity index (χ1v) is 16.6. The van der Waals surface area contributed by atoms with E-state index < -0.39 is 0 Å². The molecule has 0 heterocycles. The van der Waals surface area contributed by atoms with E-state index in [0.29, 0.717) is 11.4 Å². The molecule has 0 unspecified atom stereocenters. The molecule has 0 aliphatic heterocycles. The number of nitrogens with zero attached hydrogens (tertiary/aromatic N) is 4. The molecule has 4 rings (SSSR count). The third-order valence-corrected chi connectivity index (χ3v) is 8.30. The fourth-order valence-electron chi connectivity index (χ4n) is 5.57. The lowest BCUT2D eigenvalue weighted by Gasteiger charge is -2.31. The summed E-state index contributed by atoms with van der Waals surface area (Å²) < 4.78 is 0. The van der Waals surface area contributed by atoms with Crippen LogP contribution in [0.15, 0.2) is 139 Å². The molecule has 2 aromatic carbocycles. The van der Waals surface area contributed by atoms with Gasteiger partial charge in [-0.1, -0.05) is 119 Å². The van der Waals surface area contributed by atoms with Gasteiger partial charge in [0, 0.05) is 33.4 Å². The van der Waals surface area contributed by atoms with E-state index in [1.165, 1.54) is 0 Å². The zero-order chi connectivity index (χ0) is 35.7. The minimum atomic E-state index is -0.302. The summed E-state index contributed by atoms with van der Waals surface area (Å²) in [6.45, 7) is 24.7. The van der Waals surface area contributed by atoms with Crippen LogP contribution in [0.4, 0.5) is 11.4 Å². The van der Waals surface area contributed by atoms with E-state index in [1.807, 2.05) is 72.8 Å². The maximum absolute atomic E-state index is 13.3. The van der Waals surface area contributed by atoms with Crippen LogP contribution in [0.3, 0.4) is 0 Å². The fraction of sp³-hybridized carbons (Fsp3) is 0.381. The number of ketones is 2. The number of benzene rings is 2. The Bertz CT molecular complexity index is 1650. The molecule has 0 bridgehead atoms. The summed E-state index contributed by atoms with van der Waals surface area (Å²) in [6, 6.07) is 15.6. The van der Waals surface area contributed by atoms with Gasteiger partial charge in [0.2, 0.25) is 0 Å². The average molecular weight is 643 g/mol. The van der Waals surface area contributed by atoms with Gasteiger partial charge in [0.1, 0.15) is 0 Å². The lowest BCUT2D eigenvalue weighted by Crippen LogP contribution is -2.27. The Morgan fingerprint density at radius 1 is 0.438 bits per heavy atom. The molecule has 0 N–H and O–H groups in total. The van der Waals surface area contributed by atoms with Gasteiger partial charge in [-0.15, -0.1) is 0 Å². The second kappa shape index (κ2) is 13.5. The Morgan fingerprint density at radius 3 is 0.979 bits per heavy atom. The molecule has 0 fully saturated rings. The fourth-order valence-corrected chi connectivity index (χ4v) is 5.57. The number of azo groups is 2. The van der Waals surface area contributed by atoms with Crippen molar-refractivity contribution in [1.82, 2.24) is 0 Å². The Morgan fingerprint density at radius 2 is 0.708 bits per heavy atom. The lowest BCUT2D eigenvalue weighted by atomic mass is 9.72. The Balaban J connectivity index is 1.70. The Labute approximate surface area is 287 Å². The first-order chi connectivity index (χ1) is 22.2. The number of Topliss-reactive ketones (excluding diaryl/α,β-unsaturated/α-hetero) is 2. The SMILES string of the molecule is CC(C)(C)C1=CC(=CN=Nc2ccccc2-c2ccccc2N=NC=C2C=C(C(C)(C)C)C(=O)C(C(C)(C)C)=C2)C=C(C(C)(C)C)C1=O. The topological polar surface area (TPSA) is 83.6 Å². The standard InChI is InChI=1S/C42H50N4O2/c1-39(2,3)31-21-27(22-32(37(31)47)40(4,5)6)25-43-45-35-19-15-13-17-29(35)30-18-14-16-20-36(30)46-44-26-28-23-33(41(7,8)9)38(48)34(24-28)42(10,11)12/h13-26H,1-12H3. The van der Waals surface area contributed by atoms with Crippen LogP contribution in [0.5, 0.6) is 0 Å². The van der Waals surface area contributed by atoms with Crippen LogP contribution in [0.2, 0.25) is 0 Å². The molecule has 0 saturated carbocycles. The molecule has 6 heteroatoms. The highest BCUT2D eigenvalue weighted by atomic mass is 16.1. The highest BCUT2D eigenvalue weighted by molar-refractivity contribution is 6.12. The molecule has 2 aromatic rings. The molecule has 0 aromatic heterocycles. The first kappa shape index (κ1) is 36.3. The maximum atomic E-state index is 13.3. The van der Waals surface area contributed by atoms with E-state index in [9.17, 15) is 9.59 Å². The maximum Gasteiger partial charge on any atom is 0.186 e.